The van der Waals surface area contributed by atoms with Crippen LogP contribution in [0.3, 0.4) is 0 Å². The maximum absolute atomic E-state index is 12.1. The first-order valence-corrected chi connectivity index (χ1v) is 8.37. The molecule has 2 N–H and O–H groups in total. The number of benzene rings is 1. The Kier molecular flexibility index (Phi) is 5.31. The van der Waals surface area contributed by atoms with Crippen LogP contribution in [-0.4, -0.2) is 35.7 Å². The third kappa shape index (κ3) is 4.08. The Balaban J connectivity index is 1.62. The summed E-state index contributed by atoms with van der Waals surface area (Å²) >= 11 is 0. The van der Waals surface area contributed by atoms with Gasteiger partial charge in [-0.05, 0) is 43.5 Å². The number of anilines is 2. The van der Waals surface area contributed by atoms with Crippen molar-refractivity contribution in [3.05, 3.63) is 47.5 Å². The van der Waals surface area contributed by atoms with Crippen LogP contribution in [0.25, 0.3) is 0 Å². The smallest absolute Gasteiger partial charge is 0.414 e. The normalized spacial score (nSPS) is 12.9. The van der Waals surface area contributed by atoms with Crippen LogP contribution < -0.4 is 15.5 Å². The van der Waals surface area contributed by atoms with Gasteiger partial charge in [0.2, 0.25) is 0 Å². The molecule has 1 aromatic carbocycles. The first kappa shape index (κ1) is 17.7. The van der Waals surface area contributed by atoms with Gasteiger partial charge in [0.05, 0.1) is 36.9 Å². The second-order valence-corrected chi connectivity index (χ2v) is 6.03. The number of nitrogens with one attached hydrogen (secondary N) is 2. The second-order valence-electron chi connectivity index (χ2n) is 6.03. The van der Waals surface area contributed by atoms with Crippen LogP contribution >= 0.6 is 0 Å². The highest BCUT2D eigenvalue weighted by Gasteiger charge is 2.23. The van der Waals surface area contributed by atoms with Crippen LogP contribution in [-0.2, 0) is 17.7 Å². The summed E-state index contributed by atoms with van der Waals surface area (Å²) in [6.45, 7) is 2.78. The average Bonchev–Trinajstić information content (AvgIpc) is 2.66. The van der Waals surface area contributed by atoms with Crippen LogP contribution in [0.4, 0.5) is 21.0 Å². The molecule has 0 spiro atoms. The number of aryl methyl sites for hydroxylation is 2. The summed E-state index contributed by atoms with van der Waals surface area (Å²) in [5.41, 5.74) is 4.01. The minimum absolute atomic E-state index is 0.292. The summed E-state index contributed by atoms with van der Waals surface area (Å²) in [5.74, 6) is 0. The van der Waals surface area contributed by atoms with Gasteiger partial charge in [0.25, 0.3) is 0 Å². The largest absolute Gasteiger partial charge is 0.452 e. The van der Waals surface area contributed by atoms with Crippen molar-refractivity contribution in [3.8, 4) is 0 Å². The van der Waals surface area contributed by atoms with Crippen LogP contribution in [0.1, 0.15) is 23.4 Å². The first-order chi connectivity index (χ1) is 12.6. The zero-order chi connectivity index (χ0) is 18.5. The Morgan fingerprint density at radius 3 is 2.85 bits per heavy atom. The molecule has 2 heterocycles. The number of aromatic nitrogens is 2. The first-order valence-electron chi connectivity index (χ1n) is 8.37. The van der Waals surface area contributed by atoms with E-state index < -0.39 is 0 Å². The summed E-state index contributed by atoms with van der Waals surface area (Å²) in [6.07, 6.45) is 4.62. The Bertz CT molecular complexity index is 807. The maximum atomic E-state index is 12.1. The second kappa shape index (κ2) is 7.81. The van der Waals surface area contributed by atoms with Gasteiger partial charge in [-0.3, -0.25) is 14.9 Å². The van der Waals surface area contributed by atoms with E-state index in [1.807, 2.05) is 19.1 Å². The van der Waals surface area contributed by atoms with Crippen molar-refractivity contribution in [2.75, 3.05) is 23.9 Å². The van der Waals surface area contributed by atoms with E-state index in [2.05, 4.69) is 20.6 Å². The van der Waals surface area contributed by atoms with Crippen molar-refractivity contribution in [2.45, 2.75) is 26.3 Å². The fourth-order valence-electron chi connectivity index (χ4n) is 2.83. The average molecular weight is 355 g/mol. The van der Waals surface area contributed by atoms with Gasteiger partial charge in [-0.2, -0.15) is 0 Å². The Morgan fingerprint density at radius 2 is 2.12 bits per heavy atom. The van der Waals surface area contributed by atoms with E-state index in [-0.39, 0.29) is 12.1 Å². The van der Waals surface area contributed by atoms with Gasteiger partial charge in [-0.25, -0.2) is 9.59 Å². The molecule has 0 bridgehead atoms. The van der Waals surface area contributed by atoms with Crippen molar-refractivity contribution in [1.82, 2.24) is 15.3 Å². The molecule has 8 heteroatoms. The number of carbonyl (C=O) groups is 2. The van der Waals surface area contributed by atoms with Crippen molar-refractivity contribution in [1.29, 1.82) is 0 Å². The predicted molar refractivity (Wildman–Crippen MR) is 97.1 cm³/mol. The topological polar surface area (TPSA) is 96.5 Å². The lowest BCUT2D eigenvalue weighted by atomic mass is 10.0. The van der Waals surface area contributed by atoms with Crippen molar-refractivity contribution >= 4 is 23.5 Å². The minimum Gasteiger partial charge on any atom is -0.452 e. The molecule has 0 saturated carbocycles. The highest BCUT2D eigenvalue weighted by molar-refractivity contribution is 5.92. The van der Waals surface area contributed by atoms with Gasteiger partial charge in [-0.15, -0.1) is 0 Å². The molecule has 0 radical (unpaired) electrons. The van der Waals surface area contributed by atoms with Gasteiger partial charge in [0, 0.05) is 18.4 Å². The van der Waals surface area contributed by atoms with E-state index in [1.54, 1.807) is 23.4 Å². The van der Waals surface area contributed by atoms with E-state index >= 15 is 0 Å². The third-order valence-corrected chi connectivity index (χ3v) is 4.12. The number of fused-ring (bicyclic) bond motifs is 1. The highest BCUT2D eigenvalue weighted by atomic mass is 16.5. The molecule has 1 aliphatic heterocycles. The summed E-state index contributed by atoms with van der Waals surface area (Å²) < 4.78 is 4.82. The number of hydrogen-bond donors (Lipinski definition) is 2. The summed E-state index contributed by atoms with van der Waals surface area (Å²) in [5, 5.41) is 5.54. The van der Waals surface area contributed by atoms with Crippen molar-refractivity contribution < 1.29 is 14.3 Å². The number of urea groups is 1. The molecular formula is C18H21N5O3. The fourth-order valence-corrected chi connectivity index (χ4v) is 2.83. The third-order valence-electron chi connectivity index (χ3n) is 4.12. The molecule has 2 aromatic rings. The molecule has 0 unspecified atom stereocenters. The lowest BCUT2D eigenvalue weighted by Gasteiger charge is -2.28. The van der Waals surface area contributed by atoms with E-state index in [4.69, 9.17) is 4.74 Å². The minimum atomic E-state index is -0.372. The standard InChI is InChI=1S/C18H21N5O3/c1-12-9-20-15(10-19-12)11-21-17(24)22-14-5-6-16-13(8-14)4-3-7-23(16)18(25)26-2/h5-6,8-10H,3-4,7,11H2,1-2H3,(H2,21,22,24). The van der Waals surface area contributed by atoms with Crippen LogP contribution in [0.2, 0.25) is 0 Å². The van der Waals surface area contributed by atoms with Crippen molar-refractivity contribution in [2.24, 2.45) is 0 Å². The predicted octanol–water partition coefficient (Wildman–Crippen LogP) is 2.63. The van der Waals surface area contributed by atoms with Gasteiger partial charge < -0.3 is 15.4 Å². The monoisotopic (exact) mass is 355 g/mol. The number of hydrogen-bond acceptors (Lipinski definition) is 5. The molecule has 1 aromatic heterocycles. The molecule has 3 rings (SSSR count). The zero-order valence-corrected chi connectivity index (χ0v) is 14.8. The lowest BCUT2D eigenvalue weighted by Crippen LogP contribution is -2.35. The summed E-state index contributed by atoms with van der Waals surface area (Å²) in [6, 6.07) is 5.15. The number of amides is 3. The summed E-state index contributed by atoms with van der Waals surface area (Å²) in [4.78, 5) is 33.9. The molecule has 0 atom stereocenters. The molecule has 136 valence electrons. The highest BCUT2D eigenvalue weighted by Crippen LogP contribution is 2.30. The number of methoxy groups -OCH3 is 1. The Labute approximate surface area is 151 Å². The molecule has 0 aliphatic carbocycles. The van der Waals surface area contributed by atoms with E-state index in [9.17, 15) is 9.59 Å². The van der Waals surface area contributed by atoms with Gasteiger partial charge in [0.15, 0.2) is 0 Å². The summed E-state index contributed by atoms with van der Waals surface area (Å²) in [7, 11) is 1.37. The quantitative estimate of drug-likeness (QED) is 0.882. The molecule has 1 aliphatic rings. The molecule has 0 saturated heterocycles. The Hall–Kier alpha value is -3.16. The lowest BCUT2D eigenvalue weighted by molar-refractivity contribution is 0.178. The van der Waals surface area contributed by atoms with E-state index in [0.29, 0.717) is 24.5 Å². The number of carbonyl (C=O) groups excluding carboxylic acids is 2. The van der Waals surface area contributed by atoms with Crippen LogP contribution in [0.5, 0.6) is 0 Å². The fraction of sp³-hybridized carbons (Fsp3) is 0.333. The molecule has 8 nitrogen and oxygen atoms in total. The Morgan fingerprint density at radius 1 is 1.27 bits per heavy atom. The molecular weight excluding hydrogens is 334 g/mol. The molecule has 26 heavy (non-hydrogen) atoms. The zero-order valence-electron chi connectivity index (χ0n) is 14.8. The SMILES string of the molecule is COC(=O)N1CCCc2cc(NC(=O)NCc3cnc(C)cn3)ccc21. The number of rotatable bonds is 3. The molecule has 3 amide bonds. The van der Waals surface area contributed by atoms with Crippen LogP contribution in [0.15, 0.2) is 30.6 Å². The maximum Gasteiger partial charge on any atom is 0.414 e. The molecule has 0 fully saturated rings. The van der Waals surface area contributed by atoms with E-state index in [0.717, 1.165) is 29.8 Å². The van der Waals surface area contributed by atoms with Gasteiger partial charge >= 0.3 is 12.1 Å². The number of nitrogens with zero attached hydrogens (tertiary/aromatic N) is 3. The van der Waals surface area contributed by atoms with Gasteiger partial charge in [-0.1, -0.05) is 0 Å². The van der Waals surface area contributed by atoms with Gasteiger partial charge in [0.1, 0.15) is 0 Å². The van der Waals surface area contributed by atoms with Crippen LogP contribution in [0, 0.1) is 6.92 Å². The van der Waals surface area contributed by atoms with Crippen molar-refractivity contribution in [3.63, 3.8) is 0 Å². The van der Waals surface area contributed by atoms with E-state index in [1.165, 1.54) is 7.11 Å². The number of ether oxygens (including phenoxy) is 1.